The molecule has 3 unspecified atom stereocenters. The van der Waals surface area contributed by atoms with Gasteiger partial charge in [-0.3, -0.25) is 13.6 Å². The summed E-state index contributed by atoms with van der Waals surface area (Å²) in [5.41, 5.74) is 0.582. The van der Waals surface area contributed by atoms with E-state index in [0.717, 1.165) is 24.6 Å². The van der Waals surface area contributed by atoms with Crippen LogP contribution in [0.3, 0.4) is 0 Å². The second-order valence-electron chi connectivity index (χ2n) is 4.81. The molecule has 0 saturated heterocycles. The standard InChI is InChI=1S/C12H11N3O2S/c16-10-5-4-7-6-13-12-14-11(7)15(10)8-2-1-3-9(8)18(12)17/h4-6,8-9H,1-3H2. The quantitative estimate of drug-likeness (QED) is 0.664. The molecule has 1 saturated carbocycles. The molecule has 0 spiro atoms. The Morgan fingerprint density at radius 1 is 1.33 bits per heavy atom. The molecule has 2 aromatic rings. The van der Waals surface area contributed by atoms with E-state index in [9.17, 15) is 9.00 Å². The minimum absolute atomic E-state index is 0.0104. The third-order valence-corrected chi connectivity index (χ3v) is 5.51. The van der Waals surface area contributed by atoms with Crippen LogP contribution in [0.5, 0.6) is 0 Å². The van der Waals surface area contributed by atoms with Crippen molar-refractivity contribution in [3.8, 4) is 0 Å². The van der Waals surface area contributed by atoms with E-state index < -0.39 is 10.8 Å². The molecular formula is C12H11N3O2S. The van der Waals surface area contributed by atoms with E-state index in [0.29, 0.717) is 10.8 Å². The van der Waals surface area contributed by atoms with E-state index in [-0.39, 0.29) is 16.9 Å². The molecule has 1 fully saturated rings. The highest BCUT2D eigenvalue weighted by Gasteiger charge is 2.38. The van der Waals surface area contributed by atoms with Gasteiger partial charge < -0.3 is 0 Å². The van der Waals surface area contributed by atoms with Crippen LogP contribution in [-0.4, -0.2) is 24.0 Å². The fourth-order valence-corrected chi connectivity index (χ4v) is 4.55. The minimum Gasteiger partial charge on any atom is -0.288 e. The molecule has 2 aromatic heterocycles. The highest BCUT2D eigenvalue weighted by Crippen LogP contribution is 2.37. The van der Waals surface area contributed by atoms with E-state index in [2.05, 4.69) is 9.97 Å². The first-order valence-corrected chi connectivity index (χ1v) is 7.26. The Hall–Kier alpha value is -1.56. The van der Waals surface area contributed by atoms with Crippen molar-refractivity contribution in [2.75, 3.05) is 0 Å². The molecule has 3 atom stereocenters. The third-order valence-electron chi connectivity index (χ3n) is 3.85. The number of nitrogens with zero attached hydrogens (tertiary/aromatic N) is 3. The Balaban J connectivity index is 2.17. The summed E-state index contributed by atoms with van der Waals surface area (Å²) >= 11 is 0. The summed E-state index contributed by atoms with van der Waals surface area (Å²) in [5.74, 6) is 0. The van der Waals surface area contributed by atoms with Crippen LogP contribution in [0.4, 0.5) is 0 Å². The molecular weight excluding hydrogens is 250 g/mol. The van der Waals surface area contributed by atoms with Crippen LogP contribution in [0.25, 0.3) is 11.0 Å². The van der Waals surface area contributed by atoms with Gasteiger partial charge in [-0.25, -0.2) is 9.97 Å². The van der Waals surface area contributed by atoms with Crippen LogP contribution in [0, 0.1) is 0 Å². The van der Waals surface area contributed by atoms with Gasteiger partial charge in [-0.1, -0.05) is 6.42 Å². The maximum atomic E-state index is 12.4. The van der Waals surface area contributed by atoms with Crippen molar-refractivity contribution in [2.24, 2.45) is 0 Å². The Bertz CT molecular complexity index is 740. The smallest absolute Gasteiger partial charge is 0.252 e. The van der Waals surface area contributed by atoms with Crippen molar-refractivity contribution in [2.45, 2.75) is 35.7 Å². The lowest BCUT2D eigenvalue weighted by atomic mass is 10.2. The van der Waals surface area contributed by atoms with Crippen molar-refractivity contribution in [1.82, 2.24) is 14.5 Å². The molecule has 0 N–H and O–H groups in total. The van der Waals surface area contributed by atoms with Gasteiger partial charge in [0.05, 0.1) is 22.1 Å². The lowest BCUT2D eigenvalue weighted by Crippen LogP contribution is -2.29. The number of fused-ring (bicyclic) bond motifs is 3. The molecule has 1 aliphatic heterocycles. The SMILES string of the molecule is O=c1ccc2cnc3nc2n1C1CCCC1S3=O. The van der Waals surface area contributed by atoms with Crippen molar-refractivity contribution >= 4 is 21.8 Å². The Kier molecular flexibility index (Phi) is 2.00. The molecule has 4 rings (SSSR count). The largest absolute Gasteiger partial charge is 0.288 e. The zero-order valence-electron chi connectivity index (χ0n) is 9.57. The van der Waals surface area contributed by atoms with Crippen LogP contribution in [0.1, 0.15) is 25.3 Å². The molecule has 1 aliphatic carbocycles. The van der Waals surface area contributed by atoms with E-state index in [1.165, 1.54) is 0 Å². The number of hydrogen-bond donors (Lipinski definition) is 0. The summed E-state index contributed by atoms with van der Waals surface area (Å²) in [6, 6.07) is 3.29. The average Bonchev–Trinajstić information content (AvgIpc) is 2.82. The van der Waals surface area contributed by atoms with Crippen molar-refractivity contribution in [3.05, 3.63) is 28.7 Å². The van der Waals surface area contributed by atoms with Crippen LogP contribution < -0.4 is 5.56 Å². The van der Waals surface area contributed by atoms with Gasteiger partial charge in [-0.05, 0) is 18.9 Å². The molecule has 6 heteroatoms. The predicted octanol–water partition coefficient (Wildman–Crippen LogP) is 1.01. The third kappa shape index (κ3) is 1.21. The van der Waals surface area contributed by atoms with Gasteiger partial charge in [0.15, 0.2) is 0 Å². The van der Waals surface area contributed by atoms with E-state index in [4.69, 9.17) is 0 Å². The zero-order valence-corrected chi connectivity index (χ0v) is 10.4. The monoisotopic (exact) mass is 261 g/mol. The lowest BCUT2D eigenvalue weighted by Gasteiger charge is -2.18. The van der Waals surface area contributed by atoms with E-state index in [1.54, 1.807) is 22.9 Å². The van der Waals surface area contributed by atoms with Crippen LogP contribution in [-0.2, 0) is 10.8 Å². The summed E-state index contributed by atoms with van der Waals surface area (Å²) < 4.78 is 14.1. The lowest BCUT2D eigenvalue weighted by molar-refractivity contribution is 0.520. The molecule has 5 nitrogen and oxygen atoms in total. The summed E-state index contributed by atoms with van der Waals surface area (Å²) in [6.07, 6.45) is 4.44. The Morgan fingerprint density at radius 2 is 2.22 bits per heavy atom. The number of aromatic nitrogens is 3. The van der Waals surface area contributed by atoms with Crippen LogP contribution in [0.2, 0.25) is 0 Å². The molecule has 0 aromatic carbocycles. The van der Waals surface area contributed by atoms with E-state index >= 15 is 0 Å². The van der Waals surface area contributed by atoms with Gasteiger partial charge in [-0.2, -0.15) is 0 Å². The molecule has 3 heterocycles. The van der Waals surface area contributed by atoms with Gasteiger partial charge in [0.25, 0.3) is 5.56 Å². The fraction of sp³-hybridized carbons (Fsp3) is 0.417. The van der Waals surface area contributed by atoms with Crippen LogP contribution in [0.15, 0.2) is 28.3 Å². The Labute approximate surface area is 105 Å². The Morgan fingerprint density at radius 3 is 3.11 bits per heavy atom. The van der Waals surface area contributed by atoms with E-state index in [1.807, 2.05) is 0 Å². The zero-order chi connectivity index (χ0) is 12.3. The van der Waals surface area contributed by atoms with Gasteiger partial charge in [-0.15, -0.1) is 0 Å². The summed E-state index contributed by atoms with van der Waals surface area (Å²) in [6.45, 7) is 0. The summed E-state index contributed by atoms with van der Waals surface area (Å²) in [7, 11) is -1.20. The second-order valence-corrected chi connectivity index (χ2v) is 6.37. The van der Waals surface area contributed by atoms with Gasteiger partial charge in [0.2, 0.25) is 5.16 Å². The minimum atomic E-state index is -1.20. The first-order chi connectivity index (χ1) is 8.75. The summed E-state index contributed by atoms with van der Waals surface area (Å²) in [5, 5.41) is 1.19. The van der Waals surface area contributed by atoms with Crippen molar-refractivity contribution in [3.63, 3.8) is 0 Å². The maximum Gasteiger partial charge on any atom is 0.252 e. The number of rotatable bonds is 0. The predicted molar refractivity (Wildman–Crippen MR) is 66.9 cm³/mol. The number of hydrogen-bond acceptors (Lipinski definition) is 4. The average molecular weight is 261 g/mol. The second kappa shape index (κ2) is 3.47. The fourth-order valence-electron chi connectivity index (χ4n) is 3.03. The first-order valence-electron chi connectivity index (χ1n) is 6.04. The maximum absolute atomic E-state index is 12.4. The van der Waals surface area contributed by atoms with Gasteiger partial charge in [0, 0.05) is 17.6 Å². The van der Waals surface area contributed by atoms with Crippen molar-refractivity contribution < 1.29 is 4.21 Å². The molecule has 18 heavy (non-hydrogen) atoms. The summed E-state index contributed by atoms with van der Waals surface area (Å²) in [4.78, 5) is 20.6. The van der Waals surface area contributed by atoms with Gasteiger partial charge >= 0.3 is 0 Å². The molecule has 92 valence electrons. The highest BCUT2D eigenvalue weighted by atomic mass is 32.2. The van der Waals surface area contributed by atoms with Crippen LogP contribution >= 0.6 is 0 Å². The molecule has 2 bridgehead atoms. The first kappa shape index (κ1) is 10.4. The number of pyridine rings is 1. The normalized spacial score (nSPS) is 29.4. The highest BCUT2D eigenvalue weighted by molar-refractivity contribution is 7.85. The molecule has 2 aliphatic rings. The molecule has 0 radical (unpaired) electrons. The topological polar surface area (TPSA) is 64.8 Å². The van der Waals surface area contributed by atoms with Crippen molar-refractivity contribution in [1.29, 1.82) is 0 Å². The van der Waals surface area contributed by atoms with Gasteiger partial charge in [0.1, 0.15) is 5.65 Å². The molecule has 0 amide bonds.